The number of ether oxygens (including phenoxy) is 3. The van der Waals surface area contributed by atoms with E-state index in [1.165, 1.54) is 21.3 Å². The maximum Gasteiger partial charge on any atom is 0.336 e. The lowest BCUT2D eigenvalue weighted by molar-refractivity contribution is -0.136. The Morgan fingerprint density at radius 3 is 1.88 bits per heavy atom. The van der Waals surface area contributed by atoms with Crippen LogP contribution in [0.1, 0.15) is 31.8 Å². The van der Waals surface area contributed by atoms with Gasteiger partial charge in [0.05, 0.1) is 44.6 Å². The summed E-state index contributed by atoms with van der Waals surface area (Å²) in [6.07, 6.45) is 0. The first-order valence-electron chi connectivity index (χ1n) is 10.5. The number of methoxy groups -OCH3 is 3. The molecule has 0 fully saturated rings. The fourth-order valence-electron chi connectivity index (χ4n) is 4.02. The molecular formula is C27H23NO6. The highest BCUT2D eigenvalue weighted by atomic mass is 16.5. The number of carbonyl (C=O) groups is 3. The summed E-state index contributed by atoms with van der Waals surface area (Å²) >= 11 is 0. The van der Waals surface area contributed by atoms with Crippen molar-refractivity contribution in [2.75, 3.05) is 27.9 Å². The molecule has 0 N–H and O–H groups in total. The molecule has 0 spiro atoms. The van der Waals surface area contributed by atoms with E-state index in [-0.39, 0.29) is 12.1 Å². The summed E-state index contributed by atoms with van der Waals surface area (Å²) in [6, 6.07) is 21.1. The summed E-state index contributed by atoms with van der Waals surface area (Å²) in [6.45, 7) is -0.252. The van der Waals surface area contributed by atoms with Gasteiger partial charge in [-0.1, -0.05) is 48.5 Å². The molecule has 1 heterocycles. The molecule has 0 saturated carbocycles. The number of hydrogen-bond acceptors (Lipinski definition) is 6. The summed E-state index contributed by atoms with van der Waals surface area (Å²) in [5.74, 6) is -0.564. The van der Waals surface area contributed by atoms with Gasteiger partial charge in [-0.05, 0) is 35.4 Å². The third kappa shape index (κ3) is 4.03. The minimum absolute atomic E-state index is 0.162. The van der Waals surface area contributed by atoms with Gasteiger partial charge in [0.25, 0.3) is 11.8 Å². The average Bonchev–Trinajstić information content (AvgIpc) is 3.13. The molecule has 0 saturated heterocycles. The summed E-state index contributed by atoms with van der Waals surface area (Å²) < 4.78 is 15.9. The summed E-state index contributed by atoms with van der Waals surface area (Å²) in [5, 5.41) is 0. The number of fused-ring (bicyclic) bond motifs is 1. The van der Waals surface area contributed by atoms with Crippen LogP contribution in [0.3, 0.4) is 0 Å². The Hall–Kier alpha value is -4.39. The minimum Gasteiger partial charge on any atom is -0.493 e. The van der Waals surface area contributed by atoms with Crippen LogP contribution in [-0.4, -0.2) is 50.6 Å². The topological polar surface area (TPSA) is 82.1 Å². The molecule has 0 atom stereocenters. The molecule has 0 unspecified atom stereocenters. The van der Waals surface area contributed by atoms with Crippen LogP contribution in [0.2, 0.25) is 0 Å². The molecular weight excluding hydrogens is 434 g/mol. The maximum absolute atomic E-state index is 13.1. The van der Waals surface area contributed by atoms with Gasteiger partial charge >= 0.3 is 5.97 Å². The molecule has 4 rings (SSSR count). The monoisotopic (exact) mass is 457 g/mol. The van der Waals surface area contributed by atoms with Crippen molar-refractivity contribution in [3.8, 4) is 11.5 Å². The predicted octanol–water partition coefficient (Wildman–Crippen LogP) is 3.97. The Labute approximate surface area is 197 Å². The number of esters is 1. The average molecular weight is 457 g/mol. The van der Waals surface area contributed by atoms with Crippen LogP contribution in [0.15, 0.2) is 78.4 Å². The molecule has 2 amide bonds. The van der Waals surface area contributed by atoms with Crippen LogP contribution in [0.5, 0.6) is 11.5 Å². The number of hydrogen-bond donors (Lipinski definition) is 0. The molecule has 34 heavy (non-hydrogen) atoms. The molecule has 3 aromatic carbocycles. The highest BCUT2D eigenvalue weighted by Gasteiger charge is 2.37. The largest absolute Gasteiger partial charge is 0.493 e. The first-order valence-corrected chi connectivity index (χ1v) is 10.5. The Bertz CT molecular complexity index is 1260. The van der Waals surface area contributed by atoms with Crippen molar-refractivity contribution < 1.29 is 28.6 Å². The standard InChI is InChI=1S/C27H23NO6/c1-32-22-14-13-18(15-23(22)33-2)24(17-9-5-4-6-10-17)21(27(31)34-3)16-28-25(29)19-11-7-8-12-20(19)26(28)30/h4-15H,16H2,1-3H3/b24-21+. The second-order valence-corrected chi connectivity index (χ2v) is 7.52. The van der Waals surface area contributed by atoms with E-state index < -0.39 is 17.8 Å². The van der Waals surface area contributed by atoms with E-state index in [2.05, 4.69) is 0 Å². The molecule has 7 nitrogen and oxygen atoms in total. The predicted molar refractivity (Wildman–Crippen MR) is 126 cm³/mol. The molecule has 1 aliphatic rings. The highest BCUT2D eigenvalue weighted by molar-refractivity contribution is 6.22. The molecule has 7 heteroatoms. The van der Waals surface area contributed by atoms with Gasteiger partial charge in [-0.3, -0.25) is 14.5 Å². The third-order valence-electron chi connectivity index (χ3n) is 5.66. The second kappa shape index (κ2) is 9.62. The van der Waals surface area contributed by atoms with Crippen molar-refractivity contribution in [3.05, 3.63) is 101 Å². The van der Waals surface area contributed by atoms with Crippen molar-refractivity contribution in [1.82, 2.24) is 4.90 Å². The molecule has 1 aliphatic heterocycles. The van der Waals surface area contributed by atoms with Gasteiger partial charge < -0.3 is 14.2 Å². The van der Waals surface area contributed by atoms with Crippen LogP contribution in [0, 0.1) is 0 Å². The number of nitrogens with zero attached hydrogens (tertiary/aromatic N) is 1. The lowest BCUT2D eigenvalue weighted by Crippen LogP contribution is -2.34. The number of amides is 2. The fourth-order valence-corrected chi connectivity index (χ4v) is 4.02. The Morgan fingerprint density at radius 2 is 1.32 bits per heavy atom. The third-order valence-corrected chi connectivity index (χ3v) is 5.66. The van der Waals surface area contributed by atoms with Crippen LogP contribution in [0.25, 0.3) is 5.57 Å². The zero-order chi connectivity index (χ0) is 24.2. The van der Waals surface area contributed by atoms with Gasteiger partial charge in [0, 0.05) is 5.57 Å². The van der Waals surface area contributed by atoms with Crippen LogP contribution in [-0.2, 0) is 9.53 Å². The molecule has 0 aliphatic carbocycles. The van der Waals surface area contributed by atoms with E-state index in [1.54, 1.807) is 42.5 Å². The zero-order valence-corrected chi connectivity index (χ0v) is 19.0. The van der Waals surface area contributed by atoms with Gasteiger partial charge in [-0.15, -0.1) is 0 Å². The van der Waals surface area contributed by atoms with Crippen molar-refractivity contribution in [2.24, 2.45) is 0 Å². The lowest BCUT2D eigenvalue weighted by Gasteiger charge is -2.20. The van der Waals surface area contributed by atoms with Crippen molar-refractivity contribution >= 4 is 23.4 Å². The smallest absolute Gasteiger partial charge is 0.336 e. The van der Waals surface area contributed by atoms with Crippen molar-refractivity contribution in [2.45, 2.75) is 0 Å². The van der Waals surface area contributed by atoms with Crippen LogP contribution >= 0.6 is 0 Å². The Balaban J connectivity index is 1.91. The SMILES string of the molecule is COC(=O)/C(CN1C(=O)c2ccccc2C1=O)=C(\c1ccccc1)c1ccc(OC)c(OC)c1. The summed E-state index contributed by atoms with van der Waals surface area (Å²) in [5.41, 5.74) is 2.65. The quantitative estimate of drug-likeness (QED) is 0.303. The lowest BCUT2D eigenvalue weighted by atomic mass is 9.92. The van der Waals surface area contributed by atoms with E-state index in [0.717, 1.165) is 4.90 Å². The van der Waals surface area contributed by atoms with Gasteiger partial charge in [-0.2, -0.15) is 0 Å². The normalized spacial score (nSPS) is 13.3. The Kier molecular flexibility index (Phi) is 6.45. The highest BCUT2D eigenvalue weighted by Crippen LogP contribution is 2.35. The van der Waals surface area contributed by atoms with E-state index in [1.807, 2.05) is 30.3 Å². The molecule has 172 valence electrons. The van der Waals surface area contributed by atoms with Gasteiger partial charge in [0.1, 0.15) is 0 Å². The number of benzene rings is 3. The Morgan fingerprint density at radius 1 is 0.735 bits per heavy atom. The van der Waals surface area contributed by atoms with Gasteiger partial charge in [-0.25, -0.2) is 4.79 Å². The minimum atomic E-state index is -0.648. The van der Waals surface area contributed by atoms with Crippen molar-refractivity contribution in [3.63, 3.8) is 0 Å². The molecule has 3 aromatic rings. The van der Waals surface area contributed by atoms with E-state index >= 15 is 0 Å². The maximum atomic E-state index is 13.1. The zero-order valence-electron chi connectivity index (χ0n) is 19.0. The number of carbonyl (C=O) groups excluding carboxylic acids is 3. The summed E-state index contributed by atoms with van der Waals surface area (Å²) in [7, 11) is 4.32. The first kappa shape index (κ1) is 22.8. The fraction of sp³-hybridized carbons (Fsp3) is 0.148. The van der Waals surface area contributed by atoms with Crippen molar-refractivity contribution in [1.29, 1.82) is 0 Å². The van der Waals surface area contributed by atoms with Crippen LogP contribution in [0.4, 0.5) is 0 Å². The van der Waals surface area contributed by atoms with E-state index in [9.17, 15) is 14.4 Å². The molecule has 0 aromatic heterocycles. The first-order chi connectivity index (χ1) is 16.5. The molecule has 0 bridgehead atoms. The number of rotatable bonds is 7. The number of imide groups is 1. The van der Waals surface area contributed by atoms with Crippen LogP contribution < -0.4 is 9.47 Å². The molecule has 0 radical (unpaired) electrons. The van der Waals surface area contributed by atoms with Gasteiger partial charge in [0.2, 0.25) is 0 Å². The van der Waals surface area contributed by atoms with E-state index in [4.69, 9.17) is 14.2 Å². The van der Waals surface area contributed by atoms with Gasteiger partial charge in [0.15, 0.2) is 11.5 Å². The van der Waals surface area contributed by atoms with E-state index in [0.29, 0.717) is 39.3 Å². The summed E-state index contributed by atoms with van der Waals surface area (Å²) in [4.78, 5) is 40.2. The second-order valence-electron chi connectivity index (χ2n) is 7.52.